The van der Waals surface area contributed by atoms with E-state index < -0.39 is 15.9 Å². The van der Waals surface area contributed by atoms with E-state index in [9.17, 15) is 18.0 Å². The Kier molecular flexibility index (Phi) is 8.98. The number of rotatable bonds is 8. The zero-order valence-electron chi connectivity index (χ0n) is 19.2. The van der Waals surface area contributed by atoms with Gasteiger partial charge < -0.3 is 10.6 Å². The molecule has 1 saturated heterocycles. The molecule has 2 N–H and O–H groups in total. The van der Waals surface area contributed by atoms with Crippen LogP contribution in [0.4, 0.5) is 5.69 Å². The maximum absolute atomic E-state index is 13.1. The van der Waals surface area contributed by atoms with Crippen LogP contribution in [-0.2, 0) is 20.6 Å². The summed E-state index contributed by atoms with van der Waals surface area (Å²) in [5, 5.41) is 6.30. The lowest BCUT2D eigenvalue weighted by Crippen LogP contribution is -2.44. The van der Waals surface area contributed by atoms with E-state index >= 15 is 0 Å². The fourth-order valence-corrected chi connectivity index (χ4v) is 6.14. The predicted molar refractivity (Wildman–Crippen MR) is 136 cm³/mol. The lowest BCUT2D eigenvalue weighted by atomic mass is 9.98. The summed E-state index contributed by atoms with van der Waals surface area (Å²) >= 11 is 12.3. The Labute approximate surface area is 210 Å². The van der Waals surface area contributed by atoms with E-state index in [1.54, 1.807) is 42.5 Å². The van der Waals surface area contributed by atoms with Crippen LogP contribution >= 0.6 is 23.2 Å². The van der Waals surface area contributed by atoms with Crippen LogP contribution in [0.3, 0.4) is 0 Å². The smallest absolute Gasteiger partial charge is 0.253 e. The second-order valence-corrected chi connectivity index (χ2v) is 11.3. The Bertz CT molecular complexity index is 1140. The molecule has 1 aliphatic heterocycles. The Hall–Kier alpha value is -2.13. The summed E-state index contributed by atoms with van der Waals surface area (Å²) in [5.74, 6) is -1.47. The fraction of sp³-hybridized carbons (Fsp3) is 0.417. The van der Waals surface area contributed by atoms with E-state index in [1.165, 1.54) is 4.31 Å². The van der Waals surface area contributed by atoms with Crippen molar-refractivity contribution in [2.24, 2.45) is 5.92 Å². The maximum Gasteiger partial charge on any atom is 0.253 e. The third-order valence-electron chi connectivity index (χ3n) is 5.96. The van der Waals surface area contributed by atoms with Crippen LogP contribution in [-0.4, -0.2) is 43.7 Å². The van der Waals surface area contributed by atoms with E-state index in [0.29, 0.717) is 36.2 Å². The van der Waals surface area contributed by atoms with Crippen molar-refractivity contribution in [2.75, 3.05) is 18.4 Å². The van der Waals surface area contributed by atoms with Gasteiger partial charge in [-0.05, 0) is 50.5 Å². The van der Waals surface area contributed by atoms with Crippen LogP contribution in [0.5, 0.6) is 0 Å². The molecule has 10 heteroatoms. The molecule has 7 nitrogen and oxygen atoms in total. The van der Waals surface area contributed by atoms with Crippen molar-refractivity contribution in [2.45, 2.75) is 44.9 Å². The zero-order chi connectivity index (χ0) is 24.9. The van der Waals surface area contributed by atoms with Gasteiger partial charge in [-0.1, -0.05) is 48.3 Å². The van der Waals surface area contributed by atoms with Crippen LogP contribution in [0.25, 0.3) is 0 Å². The quantitative estimate of drug-likeness (QED) is 0.521. The first kappa shape index (κ1) is 26.5. The highest BCUT2D eigenvalue weighted by Gasteiger charge is 2.33. The average Bonchev–Trinajstić information content (AvgIpc) is 2.81. The molecule has 2 unspecified atom stereocenters. The van der Waals surface area contributed by atoms with Gasteiger partial charge in [0.1, 0.15) is 0 Å². The predicted octanol–water partition coefficient (Wildman–Crippen LogP) is 4.70. The highest BCUT2D eigenvalue weighted by molar-refractivity contribution is 7.88. The summed E-state index contributed by atoms with van der Waals surface area (Å²) in [6.07, 6.45) is 1.88. The molecule has 3 rings (SSSR count). The van der Waals surface area contributed by atoms with E-state index in [1.807, 2.05) is 13.8 Å². The standard InChI is InChI=1S/C24H29Cl2N3O4S/c1-3-16(2)27-24(31)18-9-4-5-12-22(18)28-23(30)17-8-7-13-29(14-17)34(32,33)15-19-20(25)10-6-11-21(19)26/h4-6,9-12,16-17H,3,7-8,13-15H2,1-2H3,(H,27,31)(H,28,30). The molecule has 1 aliphatic rings. The number of piperidine rings is 1. The second-order valence-electron chi connectivity index (χ2n) is 8.47. The molecule has 0 aromatic heterocycles. The van der Waals surface area contributed by atoms with Gasteiger partial charge in [0, 0.05) is 34.7 Å². The largest absolute Gasteiger partial charge is 0.350 e. The van der Waals surface area contributed by atoms with Gasteiger partial charge in [-0.2, -0.15) is 0 Å². The van der Waals surface area contributed by atoms with Crippen LogP contribution in [0.2, 0.25) is 10.0 Å². The lowest BCUT2D eigenvalue weighted by molar-refractivity contribution is -0.120. The number of amides is 2. The molecule has 2 aromatic rings. The van der Waals surface area contributed by atoms with Gasteiger partial charge in [-0.3, -0.25) is 9.59 Å². The number of halogens is 2. The fourth-order valence-electron chi connectivity index (χ4n) is 3.78. The van der Waals surface area contributed by atoms with Gasteiger partial charge in [0.25, 0.3) is 5.91 Å². The van der Waals surface area contributed by atoms with E-state index in [4.69, 9.17) is 23.2 Å². The third kappa shape index (κ3) is 6.50. The highest BCUT2D eigenvalue weighted by Crippen LogP contribution is 2.29. The number of para-hydroxylation sites is 1. The minimum atomic E-state index is -3.74. The first-order valence-electron chi connectivity index (χ1n) is 11.2. The van der Waals surface area contributed by atoms with Gasteiger partial charge >= 0.3 is 0 Å². The summed E-state index contributed by atoms with van der Waals surface area (Å²) in [6.45, 7) is 4.26. The second kappa shape index (κ2) is 11.5. The van der Waals surface area contributed by atoms with E-state index in [-0.39, 0.29) is 40.2 Å². The van der Waals surface area contributed by atoms with Crippen molar-refractivity contribution >= 4 is 50.7 Å². The van der Waals surface area contributed by atoms with Gasteiger partial charge in [0.05, 0.1) is 22.9 Å². The average molecular weight is 526 g/mol. The lowest BCUT2D eigenvalue weighted by Gasteiger charge is -2.31. The Morgan fingerprint density at radius 2 is 1.79 bits per heavy atom. The monoisotopic (exact) mass is 525 g/mol. The summed E-state index contributed by atoms with van der Waals surface area (Å²) in [6, 6.07) is 11.6. The van der Waals surface area contributed by atoms with Crippen LogP contribution in [0, 0.1) is 5.92 Å². The van der Waals surface area contributed by atoms with Crippen LogP contribution < -0.4 is 10.6 Å². The van der Waals surface area contributed by atoms with Crippen LogP contribution in [0.15, 0.2) is 42.5 Å². The Morgan fingerprint density at radius 3 is 2.47 bits per heavy atom. The van der Waals surface area contributed by atoms with Gasteiger partial charge in [-0.25, -0.2) is 12.7 Å². The molecule has 0 bridgehead atoms. The number of carbonyl (C=O) groups is 2. The minimum Gasteiger partial charge on any atom is -0.350 e. The third-order valence-corrected chi connectivity index (χ3v) is 8.44. The molecule has 0 aliphatic carbocycles. The number of benzene rings is 2. The number of hydrogen-bond donors (Lipinski definition) is 2. The number of nitrogens with zero attached hydrogens (tertiary/aromatic N) is 1. The van der Waals surface area contributed by atoms with Gasteiger partial charge in [0.15, 0.2) is 0 Å². The number of sulfonamides is 1. The van der Waals surface area contributed by atoms with Crippen molar-refractivity contribution in [3.05, 3.63) is 63.6 Å². The first-order chi connectivity index (χ1) is 16.1. The number of hydrogen-bond acceptors (Lipinski definition) is 4. The molecule has 0 spiro atoms. The van der Waals surface area contributed by atoms with Crippen molar-refractivity contribution in [3.63, 3.8) is 0 Å². The molecular weight excluding hydrogens is 497 g/mol. The molecule has 1 heterocycles. The molecule has 2 aromatic carbocycles. The van der Waals surface area contributed by atoms with E-state index in [0.717, 1.165) is 6.42 Å². The topological polar surface area (TPSA) is 95.6 Å². The van der Waals surface area contributed by atoms with Crippen molar-refractivity contribution in [1.82, 2.24) is 9.62 Å². The summed E-state index contributed by atoms with van der Waals surface area (Å²) in [5.41, 5.74) is 1.11. The highest BCUT2D eigenvalue weighted by atomic mass is 35.5. The molecule has 0 radical (unpaired) electrons. The molecular formula is C24H29Cl2N3O4S. The Balaban J connectivity index is 1.71. The molecule has 2 amide bonds. The minimum absolute atomic E-state index is 0.0000108. The SMILES string of the molecule is CCC(C)NC(=O)c1ccccc1NC(=O)C1CCCN(S(=O)(=O)Cc2c(Cl)cccc2Cl)C1. The van der Waals surface area contributed by atoms with Crippen molar-refractivity contribution < 1.29 is 18.0 Å². The van der Waals surface area contributed by atoms with Gasteiger partial charge in [0.2, 0.25) is 15.9 Å². The Morgan fingerprint density at radius 1 is 1.12 bits per heavy atom. The summed E-state index contributed by atoms with van der Waals surface area (Å²) < 4.78 is 27.5. The van der Waals surface area contributed by atoms with Gasteiger partial charge in [-0.15, -0.1) is 0 Å². The number of anilines is 1. The number of carbonyl (C=O) groups excluding carboxylic acids is 2. The first-order valence-corrected chi connectivity index (χ1v) is 13.6. The molecule has 0 saturated carbocycles. The summed E-state index contributed by atoms with van der Waals surface area (Å²) in [7, 11) is -3.74. The molecule has 184 valence electrons. The zero-order valence-corrected chi connectivity index (χ0v) is 21.5. The molecule has 1 fully saturated rings. The summed E-state index contributed by atoms with van der Waals surface area (Å²) in [4.78, 5) is 25.7. The van der Waals surface area contributed by atoms with Crippen molar-refractivity contribution in [1.29, 1.82) is 0 Å². The maximum atomic E-state index is 13.1. The van der Waals surface area contributed by atoms with Crippen LogP contribution in [0.1, 0.15) is 49.0 Å². The molecule has 2 atom stereocenters. The number of nitrogens with one attached hydrogen (secondary N) is 2. The van der Waals surface area contributed by atoms with E-state index in [2.05, 4.69) is 10.6 Å². The normalized spacial score (nSPS) is 17.7. The molecule has 34 heavy (non-hydrogen) atoms. The van der Waals surface area contributed by atoms with Crippen molar-refractivity contribution in [3.8, 4) is 0 Å².